The Bertz CT molecular complexity index is 255. The third kappa shape index (κ3) is 3.72. The number of unbranched alkanes of at least 4 members (excludes halogenated alkanes) is 2. The minimum atomic E-state index is 0.631. The van der Waals surface area contributed by atoms with Crippen molar-refractivity contribution in [1.29, 1.82) is 0 Å². The van der Waals surface area contributed by atoms with Gasteiger partial charge in [-0.3, -0.25) is 0 Å². The van der Waals surface area contributed by atoms with Crippen LogP contribution in [0, 0.1) is 0 Å². The third-order valence-corrected chi connectivity index (χ3v) is 2.16. The van der Waals surface area contributed by atoms with Crippen molar-refractivity contribution in [2.75, 3.05) is 6.61 Å². The molecule has 0 fully saturated rings. The van der Waals surface area contributed by atoms with E-state index in [0.29, 0.717) is 5.88 Å². The highest BCUT2D eigenvalue weighted by Crippen LogP contribution is 2.19. The zero-order chi connectivity index (χ0) is 9.52. The van der Waals surface area contributed by atoms with E-state index in [1.54, 1.807) is 6.20 Å². The number of hydrogen-bond acceptors (Lipinski definition) is 3. The summed E-state index contributed by atoms with van der Waals surface area (Å²) < 4.78 is 6.25. The van der Waals surface area contributed by atoms with E-state index in [-0.39, 0.29) is 0 Å². The summed E-state index contributed by atoms with van der Waals surface area (Å²) in [6.07, 6.45) is 6.64. The van der Waals surface area contributed by atoms with Gasteiger partial charge in [0.05, 0.1) is 11.1 Å². The number of rotatable bonds is 5. The van der Waals surface area contributed by atoms with Gasteiger partial charge in [0.15, 0.2) is 0 Å². The Labute approximate surface area is 86.7 Å². The molecule has 1 aromatic rings. The third-order valence-electron chi connectivity index (χ3n) is 1.62. The maximum atomic E-state index is 5.44. The van der Waals surface area contributed by atoms with E-state index in [1.807, 2.05) is 0 Å². The van der Waals surface area contributed by atoms with Gasteiger partial charge in [-0.25, -0.2) is 9.97 Å². The molecule has 0 saturated heterocycles. The summed E-state index contributed by atoms with van der Waals surface area (Å²) in [5.74, 6) is 0.631. The van der Waals surface area contributed by atoms with Crippen LogP contribution in [0.25, 0.3) is 0 Å². The Hall–Kier alpha value is -0.640. The van der Waals surface area contributed by atoms with Crippen LogP contribution in [0.15, 0.2) is 17.0 Å². The predicted octanol–water partition coefficient (Wildman–Crippen LogP) is 2.81. The summed E-state index contributed by atoms with van der Waals surface area (Å²) in [7, 11) is 0. The molecule has 0 aliphatic carbocycles. The van der Waals surface area contributed by atoms with Gasteiger partial charge in [-0.2, -0.15) is 0 Å². The van der Waals surface area contributed by atoms with Crippen molar-refractivity contribution in [2.24, 2.45) is 0 Å². The monoisotopic (exact) mass is 244 g/mol. The van der Waals surface area contributed by atoms with Crippen LogP contribution in [0.5, 0.6) is 5.88 Å². The molecule has 0 aromatic carbocycles. The van der Waals surface area contributed by atoms with E-state index in [4.69, 9.17) is 4.74 Å². The van der Waals surface area contributed by atoms with Gasteiger partial charge in [0, 0.05) is 6.20 Å². The number of hydrogen-bond donors (Lipinski definition) is 0. The Morgan fingerprint density at radius 3 is 3.00 bits per heavy atom. The lowest BCUT2D eigenvalue weighted by atomic mass is 10.3. The van der Waals surface area contributed by atoms with Gasteiger partial charge in [0.1, 0.15) is 6.33 Å². The van der Waals surface area contributed by atoms with Gasteiger partial charge in [-0.1, -0.05) is 19.8 Å². The normalized spacial score (nSPS) is 10.0. The van der Waals surface area contributed by atoms with Crippen LogP contribution in [0.1, 0.15) is 26.2 Å². The predicted molar refractivity (Wildman–Crippen MR) is 54.8 cm³/mol. The zero-order valence-corrected chi connectivity index (χ0v) is 9.25. The van der Waals surface area contributed by atoms with Gasteiger partial charge in [-0.15, -0.1) is 0 Å². The van der Waals surface area contributed by atoms with Crippen LogP contribution in [-0.4, -0.2) is 16.6 Å². The van der Waals surface area contributed by atoms with Crippen molar-refractivity contribution in [3.8, 4) is 5.88 Å². The van der Waals surface area contributed by atoms with Gasteiger partial charge in [-0.05, 0) is 22.4 Å². The van der Waals surface area contributed by atoms with Crippen molar-refractivity contribution in [1.82, 2.24) is 9.97 Å². The van der Waals surface area contributed by atoms with Crippen LogP contribution < -0.4 is 4.74 Å². The fraction of sp³-hybridized carbons (Fsp3) is 0.556. The Morgan fingerprint density at radius 2 is 2.31 bits per heavy atom. The Balaban J connectivity index is 2.32. The molecule has 0 aliphatic rings. The molecule has 0 saturated carbocycles. The SMILES string of the molecule is CCCCCOc1ncncc1Br. The lowest BCUT2D eigenvalue weighted by Crippen LogP contribution is -1.99. The van der Waals surface area contributed by atoms with Crippen LogP contribution in [0.3, 0.4) is 0 Å². The second-order valence-electron chi connectivity index (χ2n) is 2.73. The van der Waals surface area contributed by atoms with Gasteiger partial charge in [0.2, 0.25) is 5.88 Å². The quantitative estimate of drug-likeness (QED) is 0.748. The van der Waals surface area contributed by atoms with Crippen LogP contribution in [-0.2, 0) is 0 Å². The first-order valence-electron chi connectivity index (χ1n) is 4.43. The molecule has 0 N–H and O–H groups in total. The summed E-state index contributed by atoms with van der Waals surface area (Å²) in [5, 5.41) is 0. The van der Waals surface area contributed by atoms with E-state index in [1.165, 1.54) is 19.2 Å². The molecule has 13 heavy (non-hydrogen) atoms. The molecule has 72 valence electrons. The van der Waals surface area contributed by atoms with Crippen molar-refractivity contribution >= 4 is 15.9 Å². The van der Waals surface area contributed by atoms with Crippen molar-refractivity contribution < 1.29 is 4.74 Å². The van der Waals surface area contributed by atoms with E-state index in [0.717, 1.165) is 17.5 Å². The fourth-order valence-corrected chi connectivity index (χ4v) is 1.26. The van der Waals surface area contributed by atoms with Gasteiger partial charge >= 0.3 is 0 Å². The lowest BCUT2D eigenvalue weighted by molar-refractivity contribution is 0.292. The molecule has 3 nitrogen and oxygen atoms in total. The minimum Gasteiger partial charge on any atom is -0.477 e. The second kappa shape index (κ2) is 5.91. The van der Waals surface area contributed by atoms with Crippen molar-refractivity contribution in [3.05, 3.63) is 17.0 Å². The molecule has 1 heterocycles. The Morgan fingerprint density at radius 1 is 1.46 bits per heavy atom. The van der Waals surface area contributed by atoms with Crippen LogP contribution >= 0.6 is 15.9 Å². The molecular weight excluding hydrogens is 232 g/mol. The summed E-state index contributed by atoms with van der Waals surface area (Å²) in [4.78, 5) is 7.85. The molecular formula is C9H13BrN2O. The highest BCUT2D eigenvalue weighted by Gasteiger charge is 2.00. The largest absolute Gasteiger partial charge is 0.477 e. The van der Waals surface area contributed by atoms with Crippen LogP contribution in [0.2, 0.25) is 0 Å². The number of nitrogens with zero attached hydrogens (tertiary/aromatic N) is 2. The van der Waals surface area contributed by atoms with Crippen molar-refractivity contribution in [3.63, 3.8) is 0 Å². The first-order valence-corrected chi connectivity index (χ1v) is 5.22. The summed E-state index contributed by atoms with van der Waals surface area (Å²) in [6, 6.07) is 0. The molecule has 0 aliphatic heterocycles. The number of halogens is 1. The molecule has 4 heteroatoms. The zero-order valence-electron chi connectivity index (χ0n) is 7.66. The maximum absolute atomic E-state index is 5.44. The summed E-state index contributed by atoms with van der Waals surface area (Å²) >= 11 is 3.32. The van der Waals surface area contributed by atoms with E-state index < -0.39 is 0 Å². The fourth-order valence-electron chi connectivity index (χ4n) is 0.929. The van der Waals surface area contributed by atoms with Gasteiger partial charge < -0.3 is 4.74 Å². The maximum Gasteiger partial charge on any atom is 0.231 e. The minimum absolute atomic E-state index is 0.631. The first kappa shape index (κ1) is 10.4. The standard InChI is InChI=1S/C9H13BrN2O/c1-2-3-4-5-13-9-8(10)6-11-7-12-9/h6-7H,2-5H2,1H3. The van der Waals surface area contributed by atoms with Gasteiger partial charge in [0.25, 0.3) is 0 Å². The summed E-state index contributed by atoms with van der Waals surface area (Å²) in [5.41, 5.74) is 0. The van der Waals surface area contributed by atoms with E-state index in [9.17, 15) is 0 Å². The topological polar surface area (TPSA) is 35.0 Å². The second-order valence-corrected chi connectivity index (χ2v) is 3.59. The molecule has 1 aromatic heterocycles. The average molecular weight is 245 g/mol. The lowest BCUT2D eigenvalue weighted by Gasteiger charge is -2.04. The molecule has 0 unspecified atom stereocenters. The average Bonchev–Trinajstić information content (AvgIpc) is 2.15. The van der Waals surface area contributed by atoms with E-state index >= 15 is 0 Å². The first-order chi connectivity index (χ1) is 6.34. The molecule has 1 rings (SSSR count). The number of aromatic nitrogens is 2. The molecule has 0 bridgehead atoms. The number of ether oxygens (including phenoxy) is 1. The molecule has 0 spiro atoms. The van der Waals surface area contributed by atoms with Crippen LogP contribution in [0.4, 0.5) is 0 Å². The Kier molecular flexibility index (Phi) is 4.75. The molecule has 0 atom stereocenters. The highest BCUT2D eigenvalue weighted by molar-refractivity contribution is 9.10. The van der Waals surface area contributed by atoms with Crippen molar-refractivity contribution in [2.45, 2.75) is 26.2 Å². The van der Waals surface area contributed by atoms with E-state index in [2.05, 4.69) is 32.8 Å². The highest BCUT2D eigenvalue weighted by atomic mass is 79.9. The smallest absolute Gasteiger partial charge is 0.231 e. The molecule has 0 radical (unpaired) electrons. The molecule has 0 amide bonds. The summed E-state index contributed by atoms with van der Waals surface area (Å²) in [6.45, 7) is 2.89.